The van der Waals surface area contributed by atoms with E-state index in [0.29, 0.717) is 6.04 Å². The van der Waals surface area contributed by atoms with Gasteiger partial charge in [-0.2, -0.15) is 0 Å². The monoisotopic (exact) mass is 301 g/mol. The van der Waals surface area contributed by atoms with Gasteiger partial charge in [0.05, 0.1) is 12.2 Å². The Bertz CT molecular complexity index is 619. The molecule has 1 fully saturated rings. The van der Waals surface area contributed by atoms with Crippen molar-refractivity contribution < 1.29 is 4.52 Å². The quantitative estimate of drug-likeness (QED) is 0.862. The molecule has 2 aromatic heterocycles. The highest BCUT2D eigenvalue weighted by atomic mass is 16.5. The Labute approximate surface area is 131 Å². The zero-order valence-electron chi connectivity index (χ0n) is 13.5. The van der Waals surface area contributed by atoms with E-state index in [1.165, 1.54) is 0 Å². The molecule has 0 radical (unpaired) electrons. The molecular weight excluding hydrogens is 278 g/mol. The molecule has 3 rings (SSSR count). The lowest BCUT2D eigenvalue weighted by Crippen LogP contribution is -2.43. The van der Waals surface area contributed by atoms with Gasteiger partial charge in [0.15, 0.2) is 5.76 Å². The topological polar surface area (TPSA) is 58.3 Å². The minimum atomic E-state index is 0.530. The number of likely N-dealkylation sites (tertiary alicyclic amines) is 1. The summed E-state index contributed by atoms with van der Waals surface area (Å²) in [5, 5.41) is 3.95. The minimum Gasteiger partial charge on any atom is -0.360 e. The van der Waals surface area contributed by atoms with E-state index in [2.05, 4.69) is 32.0 Å². The van der Waals surface area contributed by atoms with E-state index in [1.54, 1.807) is 6.33 Å². The minimum absolute atomic E-state index is 0.530. The molecule has 118 valence electrons. The number of hydrogen-bond acceptors (Lipinski definition) is 6. The molecule has 1 aliphatic rings. The molecule has 0 N–H and O–H groups in total. The third-order valence-corrected chi connectivity index (χ3v) is 4.31. The van der Waals surface area contributed by atoms with Crippen molar-refractivity contribution in [3.8, 4) is 0 Å². The number of piperidine rings is 1. The van der Waals surface area contributed by atoms with E-state index in [1.807, 2.05) is 26.0 Å². The molecule has 1 saturated heterocycles. The van der Waals surface area contributed by atoms with Crippen molar-refractivity contribution in [1.82, 2.24) is 20.0 Å². The zero-order valence-corrected chi connectivity index (χ0v) is 13.5. The molecule has 0 atom stereocenters. The molecule has 2 aromatic rings. The van der Waals surface area contributed by atoms with Crippen LogP contribution >= 0.6 is 0 Å². The van der Waals surface area contributed by atoms with Crippen LogP contribution in [0.1, 0.15) is 30.0 Å². The number of anilines is 1. The molecule has 22 heavy (non-hydrogen) atoms. The number of hydrogen-bond donors (Lipinski definition) is 0. The summed E-state index contributed by atoms with van der Waals surface area (Å²) in [4.78, 5) is 13.3. The summed E-state index contributed by atoms with van der Waals surface area (Å²) in [6, 6.07) is 4.59. The Balaban J connectivity index is 1.55. The van der Waals surface area contributed by atoms with Gasteiger partial charge in [-0.25, -0.2) is 9.97 Å². The van der Waals surface area contributed by atoms with Gasteiger partial charge in [0, 0.05) is 44.0 Å². The van der Waals surface area contributed by atoms with E-state index < -0.39 is 0 Å². The largest absolute Gasteiger partial charge is 0.360 e. The summed E-state index contributed by atoms with van der Waals surface area (Å²) in [7, 11) is 2.13. The summed E-state index contributed by atoms with van der Waals surface area (Å²) in [6.07, 6.45) is 3.90. The lowest BCUT2D eigenvalue weighted by molar-refractivity contribution is 0.183. The fourth-order valence-electron chi connectivity index (χ4n) is 3.00. The molecule has 0 unspecified atom stereocenters. The van der Waals surface area contributed by atoms with Crippen LogP contribution in [0.4, 0.5) is 5.82 Å². The Morgan fingerprint density at radius 1 is 1.18 bits per heavy atom. The first kappa shape index (κ1) is 15.0. The van der Waals surface area contributed by atoms with Crippen LogP contribution in [0.2, 0.25) is 0 Å². The normalized spacial score (nSPS) is 16.9. The van der Waals surface area contributed by atoms with E-state index in [9.17, 15) is 0 Å². The average molecular weight is 301 g/mol. The maximum atomic E-state index is 5.30. The number of nitrogens with zero attached hydrogens (tertiary/aromatic N) is 5. The van der Waals surface area contributed by atoms with Crippen LogP contribution in [-0.2, 0) is 6.54 Å². The molecule has 1 aliphatic heterocycles. The average Bonchev–Trinajstić information content (AvgIpc) is 2.92. The molecular formula is C16H23N5O. The highest BCUT2D eigenvalue weighted by Gasteiger charge is 2.24. The van der Waals surface area contributed by atoms with Gasteiger partial charge in [0.2, 0.25) is 0 Å². The first-order chi connectivity index (χ1) is 10.6. The van der Waals surface area contributed by atoms with Crippen LogP contribution in [0, 0.1) is 13.8 Å². The fourth-order valence-corrected chi connectivity index (χ4v) is 3.00. The van der Waals surface area contributed by atoms with Crippen LogP contribution in [0.15, 0.2) is 23.0 Å². The summed E-state index contributed by atoms with van der Waals surface area (Å²) in [5.41, 5.74) is 1.96. The highest BCUT2D eigenvalue weighted by Crippen LogP contribution is 2.21. The van der Waals surface area contributed by atoms with Crippen molar-refractivity contribution in [3.05, 3.63) is 35.6 Å². The van der Waals surface area contributed by atoms with Gasteiger partial charge in [-0.3, -0.25) is 4.90 Å². The van der Waals surface area contributed by atoms with Crippen LogP contribution in [0.5, 0.6) is 0 Å². The molecule has 0 saturated carbocycles. The second kappa shape index (κ2) is 6.44. The van der Waals surface area contributed by atoms with Gasteiger partial charge in [0.25, 0.3) is 0 Å². The van der Waals surface area contributed by atoms with Gasteiger partial charge in [-0.1, -0.05) is 5.16 Å². The van der Waals surface area contributed by atoms with Crippen LogP contribution < -0.4 is 4.90 Å². The van der Waals surface area contributed by atoms with Gasteiger partial charge >= 0.3 is 0 Å². The molecule has 0 spiro atoms. The van der Waals surface area contributed by atoms with Crippen molar-refractivity contribution in [2.45, 2.75) is 39.3 Å². The Kier molecular flexibility index (Phi) is 4.38. The molecule has 0 bridgehead atoms. The summed E-state index contributed by atoms with van der Waals surface area (Å²) in [6.45, 7) is 6.94. The molecule has 0 aliphatic carbocycles. The maximum absolute atomic E-state index is 5.30. The van der Waals surface area contributed by atoms with Crippen molar-refractivity contribution in [1.29, 1.82) is 0 Å². The Morgan fingerprint density at radius 3 is 2.59 bits per heavy atom. The summed E-state index contributed by atoms with van der Waals surface area (Å²) < 4.78 is 5.30. The first-order valence-corrected chi connectivity index (χ1v) is 7.78. The van der Waals surface area contributed by atoms with Gasteiger partial charge in [-0.15, -0.1) is 0 Å². The number of rotatable bonds is 4. The van der Waals surface area contributed by atoms with E-state index in [0.717, 1.165) is 55.4 Å². The van der Waals surface area contributed by atoms with Gasteiger partial charge in [-0.05, 0) is 26.7 Å². The molecule has 6 nitrogen and oxygen atoms in total. The number of aryl methyl sites for hydroxylation is 2. The summed E-state index contributed by atoms with van der Waals surface area (Å²) >= 11 is 0. The maximum Gasteiger partial charge on any atom is 0.150 e. The molecule has 0 aromatic carbocycles. The van der Waals surface area contributed by atoms with E-state index >= 15 is 0 Å². The molecule has 0 amide bonds. The van der Waals surface area contributed by atoms with Crippen molar-refractivity contribution in [2.24, 2.45) is 0 Å². The smallest absolute Gasteiger partial charge is 0.150 e. The second-order valence-corrected chi connectivity index (χ2v) is 6.07. The Morgan fingerprint density at radius 2 is 1.95 bits per heavy atom. The molecule has 6 heteroatoms. The van der Waals surface area contributed by atoms with E-state index in [-0.39, 0.29) is 0 Å². The van der Waals surface area contributed by atoms with Crippen molar-refractivity contribution >= 4 is 5.82 Å². The van der Waals surface area contributed by atoms with Crippen LogP contribution in [0.25, 0.3) is 0 Å². The fraction of sp³-hybridized carbons (Fsp3) is 0.562. The van der Waals surface area contributed by atoms with Gasteiger partial charge < -0.3 is 9.42 Å². The predicted octanol–water partition coefficient (Wildman–Crippen LogP) is 2.18. The van der Waals surface area contributed by atoms with Crippen molar-refractivity contribution in [3.63, 3.8) is 0 Å². The third-order valence-electron chi connectivity index (χ3n) is 4.31. The Hall–Kier alpha value is -1.95. The number of aromatic nitrogens is 3. The molecule has 3 heterocycles. The SMILES string of the molecule is Cc1cc(N(C)C2CCN(Cc3cc(C)no3)CC2)ncn1. The van der Waals surface area contributed by atoms with Gasteiger partial charge in [0.1, 0.15) is 12.1 Å². The van der Waals surface area contributed by atoms with Crippen LogP contribution in [-0.4, -0.2) is 46.2 Å². The predicted molar refractivity (Wildman–Crippen MR) is 84.7 cm³/mol. The highest BCUT2D eigenvalue weighted by molar-refractivity contribution is 5.39. The van der Waals surface area contributed by atoms with Crippen molar-refractivity contribution in [2.75, 3.05) is 25.0 Å². The lowest BCUT2D eigenvalue weighted by Gasteiger charge is -2.36. The third kappa shape index (κ3) is 3.44. The zero-order chi connectivity index (χ0) is 15.5. The second-order valence-electron chi connectivity index (χ2n) is 6.07. The first-order valence-electron chi connectivity index (χ1n) is 7.78. The van der Waals surface area contributed by atoms with E-state index in [4.69, 9.17) is 4.52 Å². The van der Waals surface area contributed by atoms with Crippen LogP contribution in [0.3, 0.4) is 0 Å². The standard InChI is InChI=1S/C16H23N5O/c1-12-9-16(18-11-17-12)20(3)14-4-6-21(7-5-14)10-15-8-13(2)19-22-15/h8-9,11,14H,4-7,10H2,1-3H3. The lowest BCUT2D eigenvalue weighted by atomic mass is 10.0. The summed E-state index contributed by atoms with van der Waals surface area (Å²) in [5.74, 6) is 1.97.